The van der Waals surface area contributed by atoms with Crippen LogP contribution in [0.4, 0.5) is 0 Å². The van der Waals surface area contributed by atoms with Crippen molar-refractivity contribution in [2.45, 2.75) is 45.0 Å². The number of rotatable bonds is 10. The van der Waals surface area contributed by atoms with E-state index in [2.05, 4.69) is 14.9 Å². The Balaban J connectivity index is 1.32. The van der Waals surface area contributed by atoms with Crippen LogP contribution in [0.25, 0.3) is 10.9 Å². The van der Waals surface area contributed by atoms with Gasteiger partial charge in [0, 0.05) is 51.7 Å². The Morgan fingerprint density at radius 1 is 1.19 bits per heavy atom. The number of aromatic hydroxyl groups is 1. The summed E-state index contributed by atoms with van der Waals surface area (Å²) in [6, 6.07) is 10.8. The van der Waals surface area contributed by atoms with Gasteiger partial charge in [0.15, 0.2) is 0 Å². The van der Waals surface area contributed by atoms with Crippen LogP contribution in [0.15, 0.2) is 55.0 Å². The standard InChI is InChI=1S/C22H27N3O2/c26-20-8-9-21-19(16-20)11-15-25(21)14-4-2-1-3-13-24-22(27)10-7-18-6-5-12-23-17-18/h5-6,8-9,11-12,15-17,26H,1-4,7,10,13-14H2,(H,24,27)/i7D,10D/t7-,10+/m1/s1. The fraction of sp³-hybridized carbons (Fsp3) is 0.364. The lowest BCUT2D eigenvalue weighted by Gasteiger charge is -2.07. The topological polar surface area (TPSA) is 67.2 Å². The average Bonchev–Trinajstić information content (AvgIpc) is 3.14. The Labute approximate surface area is 162 Å². The van der Waals surface area contributed by atoms with E-state index in [0.29, 0.717) is 12.1 Å². The molecule has 0 bridgehead atoms. The van der Waals surface area contributed by atoms with E-state index in [0.717, 1.165) is 43.1 Å². The van der Waals surface area contributed by atoms with Crippen LogP contribution in [-0.4, -0.2) is 27.1 Å². The highest BCUT2D eigenvalue weighted by molar-refractivity contribution is 5.81. The van der Waals surface area contributed by atoms with E-state index in [-0.39, 0.29) is 5.75 Å². The lowest BCUT2D eigenvalue weighted by atomic mass is 10.1. The van der Waals surface area contributed by atoms with E-state index in [4.69, 9.17) is 2.74 Å². The molecule has 5 heteroatoms. The summed E-state index contributed by atoms with van der Waals surface area (Å²) in [6.07, 6.45) is 7.04. The number of unbranched alkanes of at least 4 members (excludes halogenated alkanes) is 3. The van der Waals surface area contributed by atoms with Crippen LogP contribution in [-0.2, 0) is 17.7 Å². The molecule has 0 aliphatic rings. The predicted molar refractivity (Wildman–Crippen MR) is 108 cm³/mol. The minimum atomic E-state index is -1.15. The Morgan fingerprint density at radius 3 is 2.93 bits per heavy atom. The lowest BCUT2D eigenvalue weighted by molar-refractivity contribution is -0.121. The third-order valence-corrected chi connectivity index (χ3v) is 4.49. The molecule has 0 radical (unpaired) electrons. The molecule has 1 amide bonds. The number of benzene rings is 1. The van der Waals surface area contributed by atoms with Gasteiger partial charge in [0.25, 0.3) is 0 Å². The second-order valence-corrected chi connectivity index (χ2v) is 6.58. The molecular weight excluding hydrogens is 338 g/mol. The van der Waals surface area contributed by atoms with E-state index < -0.39 is 18.7 Å². The molecule has 3 aromatic rings. The molecule has 2 atom stereocenters. The van der Waals surface area contributed by atoms with E-state index in [1.165, 1.54) is 6.20 Å². The number of hydrogen-bond donors (Lipinski definition) is 2. The number of phenolic OH excluding ortho intramolecular Hbond substituents is 1. The quantitative estimate of drug-likeness (QED) is 0.531. The summed E-state index contributed by atoms with van der Waals surface area (Å²) in [6.45, 7) is 1.45. The summed E-state index contributed by atoms with van der Waals surface area (Å²) >= 11 is 0. The van der Waals surface area contributed by atoms with Gasteiger partial charge < -0.3 is 15.0 Å². The molecule has 0 saturated carbocycles. The van der Waals surface area contributed by atoms with Gasteiger partial charge in [0.2, 0.25) is 5.91 Å². The molecule has 0 aliphatic carbocycles. The Morgan fingerprint density at radius 2 is 2.07 bits per heavy atom. The van der Waals surface area contributed by atoms with Crippen LogP contribution in [0, 0.1) is 0 Å². The van der Waals surface area contributed by atoms with Crippen LogP contribution in [0.5, 0.6) is 5.75 Å². The van der Waals surface area contributed by atoms with Crippen molar-refractivity contribution in [3.63, 3.8) is 0 Å². The number of hydrogen-bond acceptors (Lipinski definition) is 3. The molecule has 2 aromatic heterocycles. The highest BCUT2D eigenvalue weighted by Gasteiger charge is 2.03. The van der Waals surface area contributed by atoms with Gasteiger partial charge >= 0.3 is 0 Å². The number of carbonyl (C=O) groups is 1. The van der Waals surface area contributed by atoms with Crippen molar-refractivity contribution >= 4 is 16.8 Å². The number of nitrogens with zero attached hydrogens (tertiary/aromatic N) is 2. The first-order valence-corrected chi connectivity index (χ1v) is 9.36. The normalized spacial score (nSPS) is 14.4. The maximum absolute atomic E-state index is 12.1. The van der Waals surface area contributed by atoms with E-state index in [1.54, 1.807) is 30.5 Å². The van der Waals surface area contributed by atoms with Crippen molar-refractivity contribution in [3.05, 3.63) is 60.6 Å². The SMILES string of the molecule is [2H][C@H](C(=O)NCCCCCCn1ccc2cc(O)ccc21)[C@@H]([2H])c1cccnc1. The maximum Gasteiger partial charge on any atom is 0.220 e. The number of phenols is 1. The maximum atomic E-state index is 12.1. The van der Waals surface area contributed by atoms with E-state index >= 15 is 0 Å². The molecular formula is C22H27N3O2. The van der Waals surface area contributed by atoms with Gasteiger partial charge in [-0.25, -0.2) is 0 Å². The second kappa shape index (κ2) is 9.76. The summed E-state index contributed by atoms with van der Waals surface area (Å²) in [5, 5.41) is 13.3. The molecule has 2 N–H and O–H groups in total. The Bertz CT molecular complexity index is 930. The van der Waals surface area contributed by atoms with Gasteiger partial charge in [-0.3, -0.25) is 9.78 Å². The number of aryl methyl sites for hydroxylation is 2. The first-order chi connectivity index (χ1) is 14.1. The van der Waals surface area contributed by atoms with E-state index in [9.17, 15) is 9.90 Å². The predicted octanol–water partition coefficient (Wildman–Crippen LogP) is 4.05. The molecule has 0 unspecified atom stereocenters. The molecule has 2 heterocycles. The molecule has 0 aliphatic heterocycles. The Hall–Kier alpha value is -2.82. The fourth-order valence-corrected chi connectivity index (χ4v) is 3.06. The summed E-state index contributed by atoms with van der Waals surface area (Å²) < 4.78 is 18.2. The summed E-state index contributed by atoms with van der Waals surface area (Å²) in [7, 11) is 0. The lowest BCUT2D eigenvalue weighted by Crippen LogP contribution is -2.24. The van der Waals surface area contributed by atoms with Crippen molar-refractivity contribution in [2.24, 2.45) is 0 Å². The first-order valence-electron chi connectivity index (χ1n) is 10.5. The summed E-state index contributed by atoms with van der Waals surface area (Å²) in [4.78, 5) is 16.0. The first kappa shape index (κ1) is 16.4. The zero-order valence-electron chi connectivity index (χ0n) is 17.3. The number of amides is 1. The molecule has 0 fully saturated rings. The Kier molecular flexibility index (Phi) is 5.91. The number of carbonyl (C=O) groups excluding carboxylic acids is 1. The van der Waals surface area contributed by atoms with Gasteiger partial charge in [-0.1, -0.05) is 18.9 Å². The average molecular weight is 367 g/mol. The highest BCUT2D eigenvalue weighted by Crippen LogP contribution is 2.21. The molecule has 1 aromatic carbocycles. The molecule has 27 heavy (non-hydrogen) atoms. The molecule has 0 spiro atoms. The van der Waals surface area contributed by atoms with Crippen LogP contribution in [0.1, 0.15) is 40.4 Å². The monoisotopic (exact) mass is 367 g/mol. The van der Waals surface area contributed by atoms with Crippen molar-refractivity contribution in [1.29, 1.82) is 0 Å². The highest BCUT2D eigenvalue weighted by atomic mass is 16.3. The number of pyridine rings is 1. The largest absolute Gasteiger partial charge is 0.508 e. The second-order valence-electron chi connectivity index (χ2n) is 6.58. The molecule has 5 nitrogen and oxygen atoms in total. The van der Waals surface area contributed by atoms with Gasteiger partial charge in [-0.05, 0) is 55.1 Å². The fourth-order valence-electron chi connectivity index (χ4n) is 3.06. The van der Waals surface area contributed by atoms with Crippen molar-refractivity contribution in [1.82, 2.24) is 14.9 Å². The summed E-state index contributed by atoms with van der Waals surface area (Å²) in [5.41, 5.74) is 1.70. The van der Waals surface area contributed by atoms with Crippen LogP contribution >= 0.6 is 0 Å². The molecule has 142 valence electrons. The van der Waals surface area contributed by atoms with Gasteiger partial charge in [0.05, 0.1) is 0 Å². The zero-order chi connectivity index (χ0) is 20.6. The van der Waals surface area contributed by atoms with Crippen LogP contribution < -0.4 is 5.32 Å². The van der Waals surface area contributed by atoms with Crippen LogP contribution in [0.3, 0.4) is 0 Å². The third kappa shape index (κ3) is 5.84. The summed E-state index contributed by atoms with van der Waals surface area (Å²) in [5.74, 6) is -0.125. The number of aromatic nitrogens is 2. The third-order valence-electron chi connectivity index (χ3n) is 4.49. The van der Waals surface area contributed by atoms with Crippen molar-refractivity contribution in [3.8, 4) is 5.75 Å². The number of fused-ring (bicyclic) bond motifs is 1. The van der Waals surface area contributed by atoms with Crippen molar-refractivity contribution < 1.29 is 12.6 Å². The van der Waals surface area contributed by atoms with Gasteiger partial charge in [0.1, 0.15) is 5.75 Å². The minimum Gasteiger partial charge on any atom is -0.508 e. The van der Waals surface area contributed by atoms with Gasteiger partial charge in [-0.15, -0.1) is 0 Å². The zero-order valence-corrected chi connectivity index (χ0v) is 15.3. The molecule has 3 rings (SSSR count). The van der Waals surface area contributed by atoms with Gasteiger partial charge in [-0.2, -0.15) is 0 Å². The number of nitrogens with one attached hydrogen (secondary N) is 1. The van der Waals surface area contributed by atoms with Crippen LogP contribution in [0.2, 0.25) is 0 Å². The minimum absolute atomic E-state index is 0.282. The van der Waals surface area contributed by atoms with Crippen molar-refractivity contribution in [2.75, 3.05) is 6.54 Å². The van der Waals surface area contributed by atoms with E-state index in [1.807, 2.05) is 18.3 Å². The smallest absolute Gasteiger partial charge is 0.220 e. The molecule has 0 saturated heterocycles.